The Labute approximate surface area is 191 Å². The summed E-state index contributed by atoms with van der Waals surface area (Å²) in [6.07, 6.45) is 11.1. The first kappa shape index (κ1) is 32.0. The number of sulfone groups is 1. The molecule has 0 spiro atoms. The monoisotopic (exact) mass is 460 g/mol. The Morgan fingerprint density at radius 3 is 1.94 bits per heavy atom. The molecule has 0 aromatic carbocycles. The molecular weight excluding hydrogens is 412 g/mol. The van der Waals surface area contributed by atoms with Gasteiger partial charge < -0.3 is 15.5 Å². The molecule has 1 aliphatic rings. The van der Waals surface area contributed by atoms with Crippen molar-refractivity contribution in [3.05, 3.63) is 22.3 Å². The molecule has 0 amide bonds. The van der Waals surface area contributed by atoms with Crippen LogP contribution in [-0.4, -0.2) is 43.1 Å². The van der Waals surface area contributed by atoms with Gasteiger partial charge in [0.2, 0.25) is 0 Å². The Hall–Kier alpha value is -1.18. The van der Waals surface area contributed by atoms with Gasteiger partial charge in [0.1, 0.15) is 10.9 Å². The molecule has 0 heterocycles. The van der Waals surface area contributed by atoms with Crippen LogP contribution in [0, 0.1) is 0 Å². The Morgan fingerprint density at radius 2 is 1.58 bits per heavy atom. The normalized spacial score (nSPS) is 16.3. The lowest BCUT2D eigenvalue weighted by molar-refractivity contribution is -0.180. The van der Waals surface area contributed by atoms with Crippen LogP contribution in [0.5, 0.6) is 0 Å². The Kier molecular flexibility index (Phi) is 17.9. The van der Waals surface area contributed by atoms with Crippen molar-refractivity contribution >= 4 is 15.7 Å². The summed E-state index contributed by atoms with van der Waals surface area (Å²) in [5, 5.41) is 21.1. The third kappa shape index (κ3) is 16.2. The SMILES string of the molecule is CC.CC/C=C(/NC(=NCCCCC)C(C)=C(C)C)S(C)(=O)=O.OC1(O)CCCCC1. The summed E-state index contributed by atoms with van der Waals surface area (Å²) in [6.45, 7) is 14.7. The van der Waals surface area contributed by atoms with E-state index in [9.17, 15) is 8.42 Å². The van der Waals surface area contributed by atoms with Crippen molar-refractivity contribution in [2.75, 3.05) is 12.8 Å². The summed E-state index contributed by atoms with van der Waals surface area (Å²) >= 11 is 0. The number of aliphatic imine (C=N–C) groups is 1. The standard InChI is InChI=1S/C16H30N2O2S.C6H12O2.C2H6/c1-7-9-10-12-17-16(14(5)13(3)4)18-15(11-8-2)21(6,19)20;7-6(8)4-2-1-3-5-6;1-2/h11H,7-10,12H2,1-6H3,(H,17,18);7-8H,1-5H2;1-2H3/b15-11-;;. The summed E-state index contributed by atoms with van der Waals surface area (Å²) < 4.78 is 23.6. The van der Waals surface area contributed by atoms with Gasteiger partial charge in [-0.3, -0.25) is 4.99 Å². The molecule has 0 radical (unpaired) electrons. The van der Waals surface area contributed by atoms with Crippen molar-refractivity contribution in [2.45, 2.75) is 112 Å². The fraction of sp³-hybridized carbons (Fsp3) is 0.792. The van der Waals surface area contributed by atoms with E-state index in [4.69, 9.17) is 10.2 Å². The van der Waals surface area contributed by atoms with Crippen LogP contribution < -0.4 is 5.32 Å². The Morgan fingerprint density at radius 1 is 1.03 bits per heavy atom. The summed E-state index contributed by atoms with van der Waals surface area (Å²) in [5.74, 6) is -0.658. The van der Waals surface area contributed by atoms with E-state index in [1.165, 1.54) is 6.26 Å². The van der Waals surface area contributed by atoms with E-state index in [1.54, 1.807) is 6.08 Å². The highest BCUT2D eigenvalue weighted by Gasteiger charge is 2.24. The van der Waals surface area contributed by atoms with Crippen molar-refractivity contribution in [1.82, 2.24) is 5.32 Å². The number of allylic oxidation sites excluding steroid dienone is 2. The van der Waals surface area contributed by atoms with Gasteiger partial charge in [0.05, 0.1) is 0 Å². The van der Waals surface area contributed by atoms with Crippen LogP contribution in [0.3, 0.4) is 0 Å². The molecule has 1 saturated carbocycles. The first-order chi connectivity index (χ1) is 14.4. The van der Waals surface area contributed by atoms with Crippen LogP contribution in [0.4, 0.5) is 0 Å². The van der Waals surface area contributed by atoms with E-state index >= 15 is 0 Å². The molecule has 7 heteroatoms. The first-order valence-corrected chi connectivity index (χ1v) is 13.6. The molecule has 0 aromatic rings. The van der Waals surface area contributed by atoms with Crippen molar-refractivity contribution < 1.29 is 18.6 Å². The fourth-order valence-electron chi connectivity index (χ4n) is 2.76. The second-order valence-electron chi connectivity index (χ2n) is 7.98. The average Bonchev–Trinajstić information content (AvgIpc) is 2.70. The van der Waals surface area contributed by atoms with E-state index < -0.39 is 15.6 Å². The third-order valence-corrected chi connectivity index (χ3v) is 5.89. The van der Waals surface area contributed by atoms with Crippen LogP contribution in [0.2, 0.25) is 0 Å². The van der Waals surface area contributed by atoms with E-state index in [0.29, 0.717) is 31.6 Å². The van der Waals surface area contributed by atoms with Gasteiger partial charge in [-0.1, -0.05) is 52.5 Å². The van der Waals surface area contributed by atoms with Gasteiger partial charge in [0, 0.05) is 25.6 Å². The fourth-order valence-corrected chi connectivity index (χ4v) is 3.51. The predicted octanol–water partition coefficient (Wildman–Crippen LogP) is 5.47. The number of aliphatic hydroxyl groups is 2. The lowest BCUT2D eigenvalue weighted by atomic mass is 9.95. The maximum absolute atomic E-state index is 11.8. The minimum absolute atomic E-state index is 0.236. The average molecular weight is 461 g/mol. The molecule has 6 nitrogen and oxygen atoms in total. The molecule has 0 unspecified atom stereocenters. The van der Waals surface area contributed by atoms with E-state index in [2.05, 4.69) is 17.2 Å². The number of unbranched alkanes of at least 4 members (excludes halogenated alkanes) is 2. The van der Waals surface area contributed by atoms with E-state index in [0.717, 1.165) is 49.7 Å². The van der Waals surface area contributed by atoms with Crippen LogP contribution in [0.1, 0.15) is 106 Å². The van der Waals surface area contributed by atoms with Crippen molar-refractivity contribution in [1.29, 1.82) is 0 Å². The van der Waals surface area contributed by atoms with Crippen LogP contribution in [0.15, 0.2) is 27.2 Å². The second-order valence-corrected chi connectivity index (χ2v) is 9.96. The highest BCUT2D eigenvalue weighted by Crippen LogP contribution is 2.24. The van der Waals surface area contributed by atoms with E-state index in [-0.39, 0.29) is 5.03 Å². The molecule has 0 atom stereocenters. The molecular formula is C24H48N2O4S. The molecule has 0 bridgehead atoms. The molecule has 184 valence electrons. The minimum atomic E-state index is -3.27. The first-order valence-electron chi connectivity index (χ1n) is 11.8. The Bertz CT molecular complexity index is 666. The maximum atomic E-state index is 11.8. The van der Waals surface area contributed by atoms with Crippen LogP contribution in [-0.2, 0) is 9.84 Å². The number of amidine groups is 1. The second kappa shape index (κ2) is 17.4. The summed E-state index contributed by atoms with van der Waals surface area (Å²) in [4.78, 5) is 4.56. The lowest BCUT2D eigenvalue weighted by Crippen LogP contribution is -2.30. The zero-order valence-corrected chi connectivity index (χ0v) is 22.0. The third-order valence-electron chi connectivity index (χ3n) is 4.82. The zero-order valence-electron chi connectivity index (χ0n) is 21.2. The van der Waals surface area contributed by atoms with Crippen molar-refractivity contribution in [2.24, 2.45) is 4.99 Å². The molecule has 1 fully saturated rings. The lowest BCUT2D eigenvalue weighted by Gasteiger charge is -2.25. The Balaban J connectivity index is 0. The quantitative estimate of drug-likeness (QED) is 0.193. The summed E-state index contributed by atoms with van der Waals surface area (Å²) in [7, 11) is -3.27. The zero-order chi connectivity index (χ0) is 24.5. The van der Waals surface area contributed by atoms with Gasteiger partial charge in [0.15, 0.2) is 15.6 Å². The number of hydrogen-bond acceptors (Lipinski definition) is 5. The van der Waals surface area contributed by atoms with Crippen molar-refractivity contribution in [3.8, 4) is 0 Å². The predicted molar refractivity (Wildman–Crippen MR) is 134 cm³/mol. The number of hydrogen-bond donors (Lipinski definition) is 3. The van der Waals surface area contributed by atoms with Crippen LogP contribution in [0.25, 0.3) is 0 Å². The van der Waals surface area contributed by atoms with Gasteiger partial charge >= 0.3 is 0 Å². The number of nitrogens with zero attached hydrogens (tertiary/aromatic N) is 1. The van der Waals surface area contributed by atoms with E-state index in [1.807, 2.05) is 41.5 Å². The largest absolute Gasteiger partial charge is 0.366 e. The molecule has 0 aromatic heterocycles. The highest BCUT2D eigenvalue weighted by molar-refractivity contribution is 7.94. The molecule has 31 heavy (non-hydrogen) atoms. The number of nitrogens with one attached hydrogen (secondary N) is 1. The highest BCUT2D eigenvalue weighted by atomic mass is 32.2. The molecule has 1 aliphatic carbocycles. The minimum Gasteiger partial charge on any atom is -0.366 e. The maximum Gasteiger partial charge on any atom is 0.190 e. The molecule has 1 rings (SSSR count). The van der Waals surface area contributed by atoms with Gasteiger partial charge in [-0.15, -0.1) is 0 Å². The summed E-state index contributed by atoms with van der Waals surface area (Å²) in [6, 6.07) is 0. The van der Waals surface area contributed by atoms with Gasteiger partial charge in [0.25, 0.3) is 0 Å². The number of rotatable bonds is 8. The topological polar surface area (TPSA) is 99.0 Å². The van der Waals surface area contributed by atoms with Crippen molar-refractivity contribution in [3.63, 3.8) is 0 Å². The summed E-state index contributed by atoms with van der Waals surface area (Å²) in [5.41, 5.74) is 2.12. The smallest absolute Gasteiger partial charge is 0.190 e. The van der Waals surface area contributed by atoms with Crippen LogP contribution >= 0.6 is 0 Å². The molecule has 0 saturated heterocycles. The molecule has 0 aliphatic heterocycles. The van der Waals surface area contributed by atoms with Gasteiger partial charge in [-0.25, -0.2) is 8.42 Å². The molecule has 3 N–H and O–H groups in total. The van der Waals surface area contributed by atoms with Gasteiger partial charge in [-0.2, -0.15) is 0 Å². The van der Waals surface area contributed by atoms with Gasteiger partial charge in [-0.05, 0) is 58.1 Å².